The predicted molar refractivity (Wildman–Crippen MR) is 176 cm³/mol. The van der Waals surface area contributed by atoms with Crippen molar-refractivity contribution in [2.75, 3.05) is 19.8 Å². The zero-order valence-corrected chi connectivity index (χ0v) is 28.1. The van der Waals surface area contributed by atoms with E-state index in [0.29, 0.717) is 31.8 Å². The molecular formula is C36H44INO4. The lowest BCUT2D eigenvalue weighted by Gasteiger charge is -2.49. The molecule has 2 aliphatic carbocycles. The van der Waals surface area contributed by atoms with Crippen molar-refractivity contribution in [3.05, 3.63) is 79.7 Å². The van der Waals surface area contributed by atoms with E-state index in [-0.39, 0.29) is 22.4 Å². The molecular weight excluding hydrogens is 637 g/mol. The number of benzene rings is 2. The number of ketones is 2. The number of rotatable bonds is 9. The van der Waals surface area contributed by atoms with Gasteiger partial charge < -0.3 is 14.4 Å². The zero-order chi connectivity index (χ0) is 30.2. The fourth-order valence-corrected chi connectivity index (χ4v) is 7.68. The normalized spacial score (nSPS) is 20.0. The monoisotopic (exact) mass is 681 g/mol. The Hall–Kier alpha value is -2.61. The molecule has 0 spiro atoms. The molecule has 2 aromatic carbocycles. The maximum Gasteiger partial charge on any atom is 0.174 e. The summed E-state index contributed by atoms with van der Waals surface area (Å²) in [6.45, 7) is 14.7. The molecule has 6 heteroatoms. The second-order valence-corrected chi connectivity index (χ2v) is 14.7. The molecule has 1 heterocycles. The van der Waals surface area contributed by atoms with Crippen LogP contribution in [0.4, 0.5) is 0 Å². The van der Waals surface area contributed by atoms with E-state index in [9.17, 15) is 9.59 Å². The minimum Gasteiger partial charge on any atom is -0.490 e. The van der Waals surface area contributed by atoms with Gasteiger partial charge in [0.15, 0.2) is 23.1 Å². The molecule has 2 aromatic rings. The number of allylic oxidation sites excluding steroid dienone is 4. The second-order valence-electron chi connectivity index (χ2n) is 13.5. The van der Waals surface area contributed by atoms with Gasteiger partial charge in [0.1, 0.15) is 0 Å². The minimum atomic E-state index is -0.400. The largest absolute Gasteiger partial charge is 0.490 e. The van der Waals surface area contributed by atoms with E-state index in [1.807, 2.05) is 19.1 Å². The van der Waals surface area contributed by atoms with Gasteiger partial charge in [-0.3, -0.25) is 9.59 Å². The summed E-state index contributed by atoms with van der Waals surface area (Å²) in [6.07, 6.45) is 4.30. The van der Waals surface area contributed by atoms with Gasteiger partial charge in [-0.15, -0.1) is 0 Å². The van der Waals surface area contributed by atoms with Gasteiger partial charge in [-0.05, 0) is 89.3 Å². The molecule has 5 rings (SSSR count). The van der Waals surface area contributed by atoms with E-state index in [2.05, 4.69) is 92.4 Å². The molecule has 0 radical (unpaired) electrons. The molecule has 0 saturated carbocycles. The number of carbonyl (C=O) groups excluding carboxylic acids is 2. The number of ether oxygens (including phenoxy) is 2. The summed E-state index contributed by atoms with van der Waals surface area (Å²) in [5, 5.41) is 0. The summed E-state index contributed by atoms with van der Waals surface area (Å²) >= 11 is 2.31. The Kier molecular flexibility index (Phi) is 8.94. The van der Waals surface area contributed by atoms with Crippen LogP contribution >= 0.6 is 22.6 Å². The molecule has 0 unspecified atom stereocenters. The summed E-state index contributed by atoms with van der Waals surface area (Å²) in [5.41, 5.74) is 5.69. The Morgan fingerprint density at radius 3 is 2.00 bits per heavy atom. The molecule has 42 heavy (non-hydrogen) atoms. The fourth-order valence-electron chi connectivity index (χ4n) is 6.90. The third-order valence-electron chi connectivity index (χ3n) is 8.60. The van der Waals surface area contributed by atoms with E-state index in [1.165, 1.54) is 5.56 Å². The second kappa shape index (κ2) is 12.2. The van der Waals surface area contributed by atoms with Gasteiger partial charge in [-0.1, -0.05) is 65.0 Å². The Bertz CT molecular complexity index is 1380. The van der Waals surface area contributed by atoms with Crippen LogP contribution in [0.1, 0.15) is 90.7 Å². The number of carbonyl (C=O) groups is 2. The van der Waals surface area contributed by atoms with E-state index < -0.39 is 5.92 Å². The topological polar surface area (TPSA) is 55.8 Å². The quantitative estimate of drug-likeness (QED) is 0.249. The Balaban J connectivity index is 1.71. The molecule has 0 saturated heterocycles. The highest BCUT2D eigenvalue weighted by Crippen LogP contribution is 2.55. The summed E-state index contributed by atoms with van der Waals surface area (Å²) in [5.74, 6) is 1.32. The highest BCUT2D eigenvalue weighted by atomic mass is 127. The standard InChI is InChI=1S/C36H44INO4/c1-7-16-42-34-25(37)17-24(18-30(34)41-8-2)31-32-26(19-35(3,4)21-28(32)39)38(15-14-23-12-10-9-11-13-23)27-20-36(5,6)22-29(40)33(27)31/h9-13,17-18,31H,7-8,14-16,19-22H2,1-6H3. The number of Topliss-reactive ketones (excluding diaryl/α,β-unsaturated/α-hetero) is 2. The van der Waals surface area contributed by atoms with Crippen molar-refractivity contribution in [3.8, 4) is 11.5 Å². The van der Waals surface area contributed by atoms with Crippen LogP contribution in [0.25, 0.3) is 0 Å². The van der Waals surface area contributed by atoms with Crippen molar-refractivity contribution in [2.45, 2.75) is 86.0 Å². The lowest BCUT2D eigenvalue weighted by atomic mass is 9.63. The Labute approximate surface area is 264 Å². The van der Waals surface area contributed by atoms with Crippen LogP contribution in [0.2, 0.25) is 0 Å². The first kappa shape index (κ1) is 30.8. The Morgan fingerprint density at radius 2 is 1.45 bits per heavy atom. The first-order chi connectivity index (χ1) is 19.9. The van der Waals surface area contributed by atoms with Gasteiger partial charge in [0.05, 0.1) is 16.8 Å². The van der Waals surface area contributed by atoms with Crippen molar-refractivity contribution < 1.29 is 19.1 Å². The van der Waals surface area contributed by atoms with E-state index >= 15 is 0 Å². The lowest BCUT2D eigenvalue weighted by Crippen LogP contribution is -2.45. The number of halogens is 1. The average molecular weight is 682 g/mol. The predicted octanol–water partition coefficient (Wildman–Crippen LogP) is 8.41. The Morgan fingerprint density at radius 1 is 0.857 bits per heavy atom. The maximum atomic E-state index is 14.2. The molecule has 0 aromatic heterocycles. The number of hydrogen-bond acceptors (Lipinski definition) is 5. The van der Waals surface area contributed by atoms with Crippen molar-refractivity contribution in [1.29, 1.82) is 0 Å². The third kappa shape index (κ3) is 6.20. The van der Waals surface area contributed by atoms with Gasteiger partial charge in [-0.25, -0.2) is 0 Å². The highest BCUT2D eigenvalue weighted by Gasteiger charge is 2.49. The van der Waals surface area contributed by atoms with Crippen molar-refractivity contribution in [1.82, 2.24) is 4.90 Å². The summed E-state index contributed by atoms with van der Waals surface area (Å²) in [7, 11) is 0. The van der Waals surface area contributed by atoms with Crippen LogP contribution in [-0.4, -0.2) is 36.2 Å². The van der Waals surface area contributed by atoms with Crippen LogP contribution in [0.3, 0.4) is 0 Å². The van der Waals surface area contributed by atoms with Crippen molar-refractivity contribution >= 4 is 34.2 Å². The smallest absolute Gasteiger partial charge is 0.174 e. The highest BCUT2D eigenvalue weighted by molar-refractivity contribution is 14.1. The van der Waals surface area contributed by atoms with Crippen LogP contribution in [0.15, 0.2) is 65.0 Å². The molecule has 5 nitrogen and oxygen atoms in total. The number of hydrogen-bond donors (Lipinski definition) is 0. The van der Waals surface area contributed by atoms with Crippen LogP contribution in [0.5, 0.6) is 11.5 Å². The SMILES string of the molecule is CCCOc1c(I)cc(C2C3=C(CC(C)(C)CC3=O)N(CCc3ccccc3)C3=C2C(=O)CC(C)(C)C3)cc1OCC. The first-order valence-corrected chi connectivity index (χ1v) is 16.5. The van der Waals surface area contributed by atoms with Crippen LogP contribution < -0.4 is 9.47 Å². The molecule has 0 fully saturated rings. The third-order valence-corrected chi connectivity index (χ3v) is 9.41. The van der Waals surface area contributed by atoms with E-state index in [1.54, 1.807) is 0 Å². The molecule has 3 aliphatic rings. The summed E-state index contributed by atoms with van der Waals surface area (Å²) in [4.78, 5) is 30.7. The first-order valence-electron chi connectivity index (χ1n) is 15.4. The van der Waals surface area contributed by atoms with Crippen molar-refractivity contribution in [2.24, 2.45) is 10.8 Å². The van der Waals surface area contributed by atoms with Gasteiger partial charge in [0, 0.05) is 47.8 Å². The maximum absolute atomic E-state index is 14.2. The average Bonchev–Trinajstić information content (AvgIpc) is 2.90. The molecule has 224 valence electrons. The van der Waals surface area contributed by atoms with Gasteiger partial charge in [0.25, 0.3) is 0 Å². The van der Waals surface area contributed by atoms with Gasteiger partial charge in [-0.2, -0.15) is 0 Å². The zero-order valence-electron chi connectivity index (χ0n) is 25.9. The number of nitrogens with zero attached hydrogens (tertiary/aromatic N) is 1. The fraction of sp³-hybridized carbons (Fsp3) is 0.500. The molecule has 0 amide bonds. The summed E-state index contributed by atoms with van der Waals surface area (Å²) in [6, 6.07) is 14.6. The minimum absolute atomic E-state index is 0.152. The van der Waals surface area contributed by atoms with Crippen molar-refractivity contribution in [3.63, 3.8) is 0 Å². The molecule has 0 bridgehead atoms. The molecule has 0 atom stereocenters. The lowest BCUT2D eigenvalue weighted by molar-refractivity contribution is -0.119. The molecule has 1 aliphatic heterocycles. The van der Waals surface area contributed by atoms with E-state index in [4.69, 9.17) is 9.47 Å². The van der Waals surface area contributed by atoms with Crippen LogP contribution in [0, 0.1) is 14.4 Å². The summed E-state index contributed by atoms with van der Waals surface area (Å²) < 4.78 is 13.2. The van der Waals surface area contributed by atoms with Gasteiger partial charge >= 0.3 is 0 Å². The van der Waals surface area contributed by atoms with Crippen LogP contribution in [-0.2, 0) is 16.0 Å². The van der Waals surface area contributed by atoms with E-state index in [0.717, 1.165) is 69.7 Å². The van der Waals surface area contributed by atoms with Gasteiger partial charge in [0.2, 0.25) is 0 Å². The molecule has 0 N–H and O–H groups in total.